The zero-order valence-corrected chi connectivity index (χ0v) is 12.0. The van der Waals surface area contributed by atoms with Gasteiger partial charge in [0.1, 0.15) is 5.69 Å². The normalized spacial score (nSPS) is 12.7. The van der Waals surface area contributed by atoms with Crippen molar-refractivity contribution in [1.82, 2.24) is 15.0 Å². The van der Waals surface area contributed by atoms with Crippen LogP contribution in [0.3, 0.4) is 0 Å². The lowest BCUT2D eigenvalue weighted by atomic mass is 10.2. The van der Waals surface area contributed by atoms with Crippen LogP contribution in [0.4, 0.5) is 0 Å². The van der Waals surface area contributed by atoms with Crippen molar-refractivity contribution in [2.24, 2.45) is 0 Å². The molecule has 1 aromatic heterocycles. The molecule has 0 N–H and O–H groups in total. The topological polar surface area (TPSA) is 30.7 Å². The molecule has 1 aromatic carbocycles. The van der Waals surface area contributed by atoms with Gasteiger partial charge in [-0.15, -0.1) is 16.7 Å². The quantitative estimate of drug-likeness (QED) is 0.801. The summed E-state index contributed by atoms with van der Waals surface area (Å²) >= 11 is 9.64. The number of aromatic nitrogens is 3. The molecule has 0 aliphatic rings. The third kappa shape index (κ3) is 2.69. The molecule has 0 radical (unpaired) electrons. The fourth-order valence-electron chi connectivity index (χ4n) is 1.55. The predicted octanol–water partition coefficient (Wildman–Crippen LogP) is 4.03. The van der Waals surface area contributed by atoms with Crippen LogP contribution in [0.1, 0.15) is 30.0 Å². The van der Waals surface area contributed by atoms with Crippen molar-refractivity contribution in [2.45, 2.75) is 25.6 Å². The SMILES string of the molecule is CCC(Cl)c1cn(-c2cc(C)ccc2Br)nn1. The smallest absolute Gasteiger partial charge is 0.101 e. The zero-order valence-electron chi connectivity index (χ0n) is 9.69. The molecule has 17 heavy (non-hydrogen) atoms. The van der Waals surface area contributed by atoms with E-state index in [2.05, 4.69) is 32.3 Å². The van der Waals surface area contributed by atoms with Gasteiger partial charge in [-0.25, -0.2) is 4.68 Å². The Labute approximate surface area is 114 Å². The molecule has 5 heteroatoms. The van der Waals surface area contributed by atoms with Crippen LogP contribution < -0.4 is 0 Å². The molecule has 0 aliphatic heterocycles. The van der Waals surface area contributed by atoms with Gasteiger partial charge >= 0.3 is 0 Å². The highest BCUT2D eigenvalue weighted by Crippen LogP contribution is 2.25. The molecular formula is C12H13BrClN3. The van der Waals surface area contributed by atoms with Gasteiger partial charge in [0.05, 0.1) is 17.3 Å². The lowest BCUT2D eigenvalue weighted by Gasteiger charge is -2.04. The Balaban J connectivity index is 2.40. The van der Waals surface area contributed by atoms with Crippen LogP contribution in [0, 0.1) is 6.92 Å². The van der Waals surface area contributed by atoms with E-state index in [9.17, 15) is 0 Å². The van der Waals surface area contributed by atoms with E-state index in [4.69, 9.17) is 11.6 Å². The molecule has 2 rings (SSSR count). The van der Waals surface area contributed by atoms with Gasteiger partial charge in [0, 0.05) is 4.47 Å². The van der Waals surface area contributed by atoms with Gasteiger partial charge in [-0.05, 0) is 47.0 Å². The minimum absolute atomic E-state index is 0.0765. The van der Waals surface area contributed by atoms with Gasteiger partial charge in [0.2, 0.25) is 0 Å². The van der Waals surface area contributed by atoms with Crippen molar-refractivity contribution in [3.8, 4) is 5.69 Å². The number of aryl methyl sites for hydroxylation is 1. The number of rotatable bonds is 3. The highest BCUT2D eigenvalue weighted by atomic mass is 79.9. The molecule has 0 aliphatic carbocycles. The Kier molecular flexibility index (Phi) is 3.84. The summed E-state index contributed by atoms with van der Waals surface area (Å²) in [5, 5.41) is 8.13. The van der Waals surface area contributed by atoms with Crippen molar-refractivity contribution in [2.75, 3.05) is 0 Å². The third-order valence-electron chi connectivity index (χ3n) is 2.54. The first kappa shape index (κ1) is 12.6. The second-order valence-electron chi connectivity index (χ2n) is 3.92. The fourth-order valence-corrected chi connectivity index (χ4v) is 2.07. The molecule has 90 valence electrons. The molecule has 0 spiro atoms. The first-order chi connectivity index (χ1) is 8.11. The van der Waals surface area contributed by atoms with E-state index in [0.29, 0.717) is 0 Å². The van der Waals surface area contributed by atoms with Gasteiger partial charge in [0.25, 0.3) is 0 Å². The molecule has 1 unspecified atom stereocenters. The van der Waals surface area contributed by atoms with Gasteiger partial charge in [-0.1, -0.05) is 18.2 Å². The molecule has 1 heterocycles. The van der Waals surface area contributed by atoms with E-state index < -0.39 is 0 Å². The van der Waals surface area contributed by atoms with Crippen LogP contribution in [-0.4, -0.2) is 15.0 Å². The average molecular weight is 315 g/mol. The maximum atomic E-state index is 6.13. The maximum Gasteiger partial charge on any atom is 0.101 e. The highest BCUT2D eigenvalue weighted by Gasteiger charge is 2.12. The van der Waals surface area contributed by atoms with Crippen LogP contribution in [0.2, 0.25) is 0 Å². The van der Waals surface area contributed by atoms with Crippen LogP contribution in [0.15, 0.2) is 28.9 Å². The van der Waals surface area contributed by atoms with E-state index in [1.165, 1.54) is 5.56 Å². The minimum Gasteiger partial charge on any atom is -0.219 e. The second-order valence-corrected chi connectivity index (χ2v) is 5.30. The Morgan fingerprint density at radius 3 is 2.94 bits per heavy atom. The first-order valence-corrected chi connectivity index (χ1v) is 6.67. The molecule has 0 fully saturated rings. The standard InChI is InChI=1S/C12H13BrClN3/c1-3-10(14)11-7-17(16-15-11)12-6-8(2)4-5-9(12)13/h4-7,10H,3H2,1-2H3. The van der Waals surface area contributed by atoms with E-state index in [1.54, 1.807) is 4.68 Å². The largest absolute Gasteiger partial charge is 0.219 e. The summed E-state index contributed by atoms with van der Waals surface area (Å²) in [7, 11) is 0. The number of alkyl halides is 1. The lowest BCUT2D eigenvalue weighted by Crippen LogP contribution is -1.96. The summed E-state index contributed by atoms with van der Waals surface area (Å²) in [6, 6.07) is 6.10. The summed E-state index contributed by atoms with van der Waals surface area (Å²) in [6.45, 7) is 4.07. The number of halogens is 2. The molecule has 0 amide bonds. The Hall–Kier alpha value is -0.870. The van der Waals surface area contributed by atoms with Crippen molar-refractivity contribution in [3.05, 3.63) is 40.1 Å². The van der Waals surface area contributed by atoms with Crippen LogP contribution in [-0.2, 0) is 0 Å². The second kappa shape index (κ2) is 5.19. The highest BCUT2D eigenvalue weighted by molar-refractivity contribution is 9.10. The summed E-state index contributed by atoms with van der Waals surface area (Å²) in [6.07, 6.45) is 2.72. The van der Waals surface area contributed by atoms with Gasteiger partial charge in [-0.3, -0.25) is 0 Å². The summed E-state index contributed by atoms with van der Waals surface area (Å²) < 4.78 is 2.74. The molecule has 2 aromatic rings. The van der Waals surface area contributed by atoms with Crippen molar-refractivity contribution in [1.29, 1.82) is 0 Å². The van der Waals surface area contributed by atoms with Gasteiger partial charge < -0.3 is 0 Å². The van der Waals surface area contributed by atoms with Crippen molar-refractivity contribution >= 4 is 27.5 Å². The Bertz CT molecular complexity index is 524. The van der Waals surface area contributed by atoms with E-state index in [0.717, 1.165) is 22.3 Å². The minimum atomic E-state index is -0.0765. The monoisotopic (exact) mass is 313 g/mol. The number of hydrogen-bond acceptors (Lipinski definition) is 2. The summed E-state index contributed by atoms with van der Waals surface area (Å²) in [5.74, 6) is 0. The molecule has 0 saturated carbocycles. The lowest BCUT2D eigenvalue weighted by molar-refractivity contribution is 0.783. The van der Waals surface area contributed by atoms with E-state index >= 15 is 0 Å². The van der Waals surface area contributed by atoms with Crippen LogP contribution >= 0.6 is 27.5 Å². The summed E-state index contributed by atoms with van der Waals surface area (Å²) in [5.41, 5.74) is 2.96. The number of nitrogens with zero attached hydrogens (tertiary/aromatic N) is 3. The van der Waals surface area contributed by atoms with Gasteiger partial charge in [0.15, 0.2) is 0 Å². The van der Waals surface area contributed by atoms with Gasteiger partial charge in [-0.2, -0.15) is 0 Å². The van der Waals surface area contributed by atoms with Crippen LogP contribution in [0.25, 0.3) is 5.69 Å². The number of benzene rings is 1. The zero-order chi connectivity index (χ0) is 12.4. The molecule has 0 bridgehead atoms. The van der Waals surface area contributed by atoms with Crippen molar-refractivity contribution < 1.29 is 0 Å². The first-order valence-electron chi connectivity index (χ1n) is 5.44. The molecule has 3 nitrogen and oxygen atoms in total. The summed E-state index contributed by atoms with van der Waals surface area (Å²) in [4.78, 5) is 0. The molecule has 0 saturated heterocycles. The Morgan fingerprint density at radius 2 is 2.24 bits per heavy atom. The van der Waals surface area contributed by atoms with Crippen LogP contribution in [0.5, 0.6) is 0 Å². The number of hydrogen-bond donors (Lipinski definition) is 0. The Morgan fingerprint density at radius 1 is 1.47 bits per heavy atom. The molecular weight excluding hydrogens is 302 g/mol. The molecule has 1 atom stereocenters. The third-order valence-corrected chi connectivity index (χ3v) is 3.74. The van der Waals surface area contributed by atoms with E-state index in [1.807, 2.05) is 32.2 Å². The predicted molar refractivity (Wildman–Crippen MR) is 72.7 cm³/mol. The maximum absolute atomic E-state index is 6.13. The fraction of sp³-hybridized carbons (Fsp3) is 0.333. The average Bonchev–Trinajstić information content (AvgIpc) is 2.80. The van der Waals surface area contributed by atoms with E-state index in [-0.39, 0.29) is 5.38 Å². The van der Waals surface area contributed by atoms with Crippen molar-refractivity contribution in [3.63, 3.8) is 0 Å².